The predicted molar refractivity (Wildman–Crippen MR) is 70.8 cm³/mol. The molecule has 0 aromatic carbocycles. The number of hydrogen-bond acceptors (Lipinski definition) is 3. The normalized spacial score (nSPS) is 26.4. The summed E-state index contributed by atoms with van der Waals surface area (Å²) in [6, 6.07) is -0.0891. The molecular weight excluding hydrogens is 214 g/mol. The smallest absolute Gasteiger partial charge is 0.239 e. The molecule has 17 heavy (non-hydrogen) atoms. The van der Waals surface area contributed by atoms with Crippen LogP contribution < -0.4 is 5.73 Å². The van der Waals surface area contributed by atoms with Gasteiger partial charge in [-0.15, -0.1) is 0 Å². The molecule has 1 heterocycles. The van der Waals surface area contributed by atoms with Gasteiger partial charge in [-0.05, 0) is 47.6 Å². The zero-order valence-electron chi connectivity index (χ0n) is 12.1. The largest absolute Gasteiger partial charge is 0.343 e. The van der Waals surface area contributed by atoms with Crippen molar-refractivity contribution in [3.05, 3.63) is 0 Å². The van der Waals surface area contributed by atoms with Gasteiger partial charge in [0.1, 0.15) is 0 Å². The number of rotatable bonds is 2. The first-order valence-corrected chi connectivity index (χ1v) is 6.36. The third-order valence-electron chi connectivity index (χ3n) is 3.41. The first-order chi connectivity index (χ1) is 7.61. The van der Waals surface area contributed by atoms with Crippen molar-refractivity contribution in [2.75, 3.05) is 20.1 Å². The Bertz CT molecular complexity index is 294. The van der Waals surface area contributed by atoms with E-state index in [1.54, 1.807) is 0 Å². The summed E-state index contributed by atoms with van der Waals surface area (Å²) in [5.41, 5.74) is 5.62. The molecule has 0 aromatic heterocycles. The fourth-order valence-corrected chi connectivity index (χ4v) is 3.31. The van der Waals surface area contributed by atoms with Crippen molar-refractivity contribution in [2.24, 2.45) is 5.73 Å². The Hall–Kier alpha value is -0.610. The summed E-state index contributed by atoms with van der Waals surface area (Å²) in [7, 11) is 1.88. The van der Waals surface area contributed by atoms with Crippen LogP contribution in [0.15, 0.2) is 0 Å². The third kappa shape index (κ3) is 2.80. The van der Waals surface area contributed by atoms with Crippen molar-refractivity contribution in [1.29, 1.82) is 0 Å². The summed E-state index contributed by atoms with van der Waals surface area (Å²) < 4.78 is 0. The minimum absolute atomic E-state index is 0.0131. The standard InChI is InChI=1S/C13H27N3O/c1-12(2,3)16-10(7-8-14)11(17)15(6)9-13(16,4)5/h10H,7-9,14H2,1-6H3. The highest BCUT2D eigenvalue weighted by Crippen LogP contribution is 2.33. The Morgan fingerprint density at radius 1 is 1.41 bits per heavy atom. The van der Waals surface area contributed by atoms with Gasteiger partial charge >= 0.3 is 0 Å². The number of amides is 1. The van der Waals surface area contributed by atoms with Crippen LogP contribution in [0.3, 0.4) is 0 Å². The van der Waals surface area contributed by atoms with E-state index in [0.717, 1.165) is 13.0 Å². The second-order valence-corrected chi connectivity index (χ2v) is 6.64. The molecule has 1 aliphatic heterocycles. The van der Waals surface area contributed by atoms with Gasteiger partial charge in [-0.3, -0.25) is 9.69 Å². The third-order valence-corrected chi connectivity index (χ3v) is 3.41. The van der Waals surface area contributed by atoms with Crippen LogP contribution in [0.1, 0.15) is 41.0 Å². The molecule has 4 heteroatoms. The van der Waals surface area contributed by atoms with Gasteiger partial charge in [0.15, 0.2) is 0 Å². The summed E-state index contributed by atoms with van der Waals surface area (Å²) in [6.07, 6.45) is 0.726. The zero-order chi connectivity index (χ0) is 13.4. The first-order valence-electron chi connectivity index (χ1n) is 6.36. The summed E-state index contributed by atoms with van der Waals surface area (Å²) in [5.74, 6) is 0.199. The highest BCUT2D eigenvalue weighted by molar-refractivity contribution is 5.83. The molecule has 0 bridgehead atoms. The van der Waals surface area contributed by atoms with E-state index in [1.165, 1.54) is 0 Å². The minimum atomic E-state index is -0.0891. The van der Waals surface area contributed by atoms with Crippen molar-refractivity contribution in [2.45, 2.75) is 58.2 Å². The van der Waals surface area contributed by atoms with Crippen LogP contribution in [-0.4, -0.2) is 53.0 Å². The Balaban J connectivity index is 3.12. The molecule has 1 aliphatic rings. The van der Waals surface area contributed by atoms with Gasteiger partial charge in [0.25, 0.3) is 0 Å². The molecule has 100 valence electrons. The molecule has 1 amide bonds. The lowest BCUT2D eigenvalue weighted by atomic mass is 9.86. The van der Waals surface area contributed by atoms with Gasteiger partial charge in [0.05, 0.1) is 6.04 Å². The summed E-state index contributed by atoms with van der Waals surface area (Å²) in [6.45, 7) is 12.2. The molecule has 1 atom stereocenters. The summed E-state index contributed by atoms with van der Waals surface area (Å²) in [4.78, 5) is 16.5. The average molecular weight is 241 g/mol. The lowest BCUT2D eigenvalue weighted by Gasteiger charge is -2.56. The van der Waals surface area contributed by atoms with E-state index in [0.29, 0.717) is 6.54 Å². The maximum Gasteiger partial charge on any atom is 0.239 e. The van der Waals surface area contributed by atoms with Gasteiger partial charge in [0.2, 0.25) is 5.91 Å². The number of likely N-dealkylation sites (N-methyl/N-ethyl adjacent to an activating group) is 1. The molecule has 2 N–H and O–H groups in total. The van der Waals surface area contributed by atoms with Crippen molar-refractivity contribution in [3.8, 4) is 0 Å². The highest BCUT2D eigenvalue weighted by atomic mass is 16.2. The SMILES string of the molecule is CN1CC(C)(C)N(C(C)(C)C)C(CCN)C1=O. The molecular formula is C13H27N3O. The number of carbonyl (C=O) groups is 1. The van der Waals surface area contributed by atoms with Crippen LogP contribution in [0.2, 0.25) is 0 Å². The molecule has 1 rings (SSSR count). The fraction of sp³-hybridized carbons (Fsp3) is 0.923. The van der Waals surface area contributed by atoms with E-state index in [9.17, 15) is 4.79 Å². The summed E-state index contributed by atoms with van der Waals surface area (Å²) >= 11 is 0. The number of nitrogens with zero attached hydrogens (tertiary/aromatic N) is 2. The lowest BCUT2D eigenvalue weighted by molar-refractivity contribution is -0.156. The van der Waals surface area contributed by atoms with E-state index in [-0.39, 0.29) is 23.0 Å². The Labute approximate surface area is 105 Å². The van der Waals surface area contributed by atoms with Crippen LogP contribution in [0.5, 0.6) is 0 Å². The van der Waals surface area contributed by atoms with Gasteiger partial charge in [-0.25, -0.2) is 0 Å². The number of piperazine rings is 1. The number of carbonyl (C=O) groups excluding carboxylic acids is 1. The van der Waals surface area contributed by atoms with Crippen LogP contribution in [0.25, 0.3) is 0 Å². The molecule has 0 aliphatic carbocycles. The fourth-order valence-electron chi connectivity index (χ4n) is 3.31. The first kappa shape index (κ1) is 14.5. The maximum atomic E-state index is 12.3. The van der Waals surface area contributed by atoms with E-state index >= 15 is 0 Å². The molecule has 0 saturated carbocycles. The molecule has 1 fully saturated rings. The van der Waals surface area contributed by atoms with Crippen molar-refractivity contribution in [1.82, 2.24) is 9.80 Å². The quantitative estimate of drug-likeness (QED) is 0.786. The second kappa shape index (κ2) is 4.58. The van der Waals surface area contributed by atoms with Gasteiger partial charge < -0.3 is 10.6 Å². The average Bonchev–Trinajstić information content (AvgIpc) is 2.10. The van der Waals surface area contributed by atoms with Crippen molar-refractivity contribution >= 4 is 5.91 Å². The molecule has 1 unspecified atom stereocenters. The monoisotopic (exact) mass is 241 g/mol. The van der Waals surface area contributed by atoms with E-state index in [4.69, 9.17) is 5.73 Å². The van der Waals surface area contributed by atoms with Crippen LogP contribution in [-0.2, 0) is 4.79 Å². The van der Waals surface area contributed by atoms with Gasteiger partial charge in [-0.1, -0.05) is 0 Å². The minimum Gasteiger partial charge on any atom is -0.343 e. The van der Waals surface area contributed by atoms with Crippen LogP contribution >= 0.6 is 0 Å². The van der Waals surface area contributed by atoms with E-state index in [2.05, 4.69) is 39.5 Å². The van der Waals surface area contributed by atoms with E-state index < -0.39 is 0 Å². The lowest BCUT2D eigenvalue weighted by Crippen LogP contribution is -2.70. The van der Waals surface area contributed by atoms with Crippen molar-refractivity contribution < 1.29 is 4.79 Å². The second-order valence-electron chi connectivity index (χ2n) is 6.64. The molecule has 0 radical (unpaired) electrons. The topological polar surface area (TPSA) is 49.6 Å². The maximum absolute atomic E-state index is 12.3. The van der Waals surface area contributed by atoms with Crippen LogP contribution in [0, 0.1) is 0 Å². The molecule has 0 spiro atoms. The molecule has 1 saturated heterocycles. The Kier molecular flexibility index (Phi) is 3.89. The van der Waals surface area contributed by atoms with Crippen molar-refractivity contribution in [3.63, 3.8) is 0 Å². The zero-order valence-corrected chi connectivity index (χ0v) is 12.1. The highest BCUT2D eigenvalue weighted by Gasteiger charge is 2.47. The van der Waals surface area contributed by atoms with Crippen LogP contribution in [0.4, 0.5) is 0 Å². The van der Waals surface area contributed by atoms with Gasteiger partial charge in [-0.2, -0.15) is 0 Å². The molecule has 4 nitrogen and oxygen atoms in total. The number of hydrogen-bond donors (Lipinski definition) is 1. The predicted octanol–water partition coefficient (Wildman–Crippen LogP) is 1.05. The van der Waals surface area contributed by atoms with E-state index in [1.807, 2.05) is 11.9 Å². The summed E-state index contributed by atoms with van der Waals surface area (Å²) in [5, 5.41) is 0. The Morgan fingerprint density at radius 2 is 1.94 bits per heavy atom. The molecule has 0 aromatic rings. The Morgan fingerprint density at radius 3 is 2.35 bits per heavy atom. The number of nitrogens with two attached hydrogens (primary N) is 1. The van der Waals surface area contributed by atoms with Gasteiger partial charge in [0, 0.05) is 24.7 Å².